The SMILES string of the molecule is CCc1c(C)nc2cc(Cl)ccn12. The third-order valence-corrected chi connectivity index (χ3v) is 2.46. The van der Waals surface area contributed by atoms with Crippen LogP contribution in [0.5, 0.6) is 0 Å². The predicted molar refractivity (Wildman–Crippen MR) is 54.3 cm³/mol. The van der Waals surface area contributed by atoms with Gasteiger partial charge in [-0.05, 0) is 19.4 Å². The van der Waals surface area contributed by atoms with Gasteiger partial charge in [0.1, 0.15) is 5.65 Å². The molecule has 0 aliphatic heterocycles. The van der Waals surface area contributed by atoms with Crippen molar-refractivity contribution >= 4 is 17.2 Å². The lowest BCUT2D eigenvalue weighted by Gasteiger charge is -1.98. The Kier molecular flexibility index (Phi) is 2.00. The summed E-state index contributed by atoms with van der Waals surface area (Å²) in [4.78, 5) is 4.42. The number of imidazole rings is 1. The van der Waals surface area contributed by atoms with Gasteiger partial charge in [0.15, 0.2) is 0 Å². The zero-order valence-electron chi connectivity index (χ0n) is 7.71. The Labute approximate surface area is 82.2 Å². The fourth-order valence-corrected chi connectivity index (χ4v) is 1.77. The van der Waals surface area contributed by atoms with Crippen molar-refractivity contribution in [2.75, 3.05) is 0 Å². The number of aryl methyl sites for hydroxylation is 2. The highest BCUT2D eigenvalue weighted by Crippen LogP contribution is 2.16. The Morgan fingerprint density at radius 2 is 2.31 bits per heavy atom. The largest absolute Gasteiger partial charge is 0.304 e. The summed E-state index contributed by atoms with van der Waals surface area (Å²) >= 11 is 5.87. The zero-order chi connectivity index (χ0) is 9.42. The Bertz CT molecular complexity index is 445. The molecule has 0 aromatic carbocycles. The Balaban J connectivity index is 2.79. The predicted octanol–water partition coefficient (Wildman–Crippen LogP) is 2.86. The van der Waals surface area contributed by atoms with E-state index in [2.05, 4.69) is 16.3 Å². The third-order valence-electron chi connectivity index (χ3n) is 2.22. The second-order valence-corrected chi connectivity index (χ2v) is 3.51. The minimum atomic E-state index is 0.736. The van der Waals surface area contributed by atoms with Crippen LogP contribution in [0, 0.1) is 6.92 Å². The van der Waals surface area contributed by atoms with Gasteiger partial charge in [-0.15, -0.1) is 0 Å². The highest BCUT2D eigenvalue weighted by Gasteiger charge is 2.05. The van der Waals surface area contributed by atoms with Crippen LogP contribution in [0.4, 0.5) is 0 Å². The molecule has 0 atom stereocenters. The van der Waals surface area contributed by atoms with Crippen molar-refractivity contribution in [1.82, 2.24) is 9.38 Å². The van der Waals surface area contributed by atoms with E-state index >= 15 is 0 Å². The van der Waals surface area contributed by atoms with Gasteiger partial charge in [0, 0.05) is 23.0 Å². The van der Waals surface area contributed by atoms with Crippen molar-refractivity contribution in [3.8, 4) is 0 Å². The molecule has 2 aromatic heterocycles. The number of hydrogen-bond acceptors (Lipinski definition) is 1. The molecule has 0 N–H and O–H groups in total. The highest BCUT2D eigenvalue weighted by atomic mass is 35.5. The molecule has 13 heavy (non-hydrogen) atoms. The van der Waals surface area contributed by atoms with Crippen molar-refractivity contribution in [3.05, 3.63) is 34.7 Å². The van der Waals surface area contributed by atoms with E-state index in [4.69, 9.17) is 11.6 Å². The highest BCUT2D eigenvalue weighted by molar-refractivity contribution is 6.30. The standard InChI is InChI=1S/C10H11ClN2/c1-3-9-7(2)12-10-6-8(11)4-5-13(9)10/h4-6H,3H2,1-2H3. The van der Waals surface area contributed by atoms with E-state index in [9.17, 15) is 0 Å². The lowest BCUT2D eigenvalue weighted by Crippen LogP contribution is -1.90. The monoisotopic (exact) mass is 194 g/mol. The smallest absolute Gasteiger partial charge is 0.138 e. The molecule has 0 radical (unpaired) electrons. The summed E-state index contributed by atoms with van der Waals surface area (Å²) in [6.45, 7) is 4.16. The van der Waals surface area contributed by atoms with Crippen LogP contribution in [0.1, 0.15) is 18.3 Å². The molecule has 0 saturated carbocycles. The van der Waals surface area contributed by atoms with E-state index in [-0.39, 0.29) is 0 Å². The number of nitrogens with zero attached hydrogens (tertiary/aromatic N) is 2. The number of fused-ring (bicyclic) bond motifs is 1. The summed E-state index contributed by atoms with van der Waals surface area (Å²) in [5, 5.41) is 0.736. The molecule has 0 amide bonds. The first-order chi connectivity index (χ1) is 6.22. The van der Waals surface area contributed by atoms with Gasteiger partial charge in [0.25, 0.3) is 0 Å². The first-order valence-corrected chi connectivity index (χ1v) is 4.73. The summed E-state index contributed by atoms with van der Waals surface area (Å²) < 4.78 is 2.08. The van der Waals surface area contributed by atoms with Crippen LogP contribution in [0.3, 0.4) is 0 Å². The van der Waals surface area contributed by atoms with E-state index in [0.717, 1.165) is 22.8 Å². The van der Waals surface area contributed by atoms with Crippen LogP contribution in [0.15, 0.2) is 18.3 Å². The van der Waals surface area contributed by atoms with Crippen molar-refractivity contribution in [2.24, 2.45) is 0 Å². The molecule has 0 aliphatic carbocycles. The van der Waals surface area contributed by atoms with Crippen LogP contribution < -0.4 is 0 Å². The maximum Gasteiger partial charge on any atom is 0.138 e. The Morgan fingerprint density at radius 3 is 3.00 bits per heavy atom. The molecular weight excluding hydrogens is 184 g/mol. The van der Waals surface area contributed by atoms with Gasteiger partial charge in [-0.2, -0.15) is 0 Å². The number of halogens is 1. The lowest BCUT2D eigenvalue weighted by molar-refractivity contribution is 0.978. The molecular formula is C10H11ClN2. The molecule has 0 unspecified atom stereocenters. The second kappa shape index (κ2) is 3.04. The maximum atomic E-state index is 5.87. The third kappa shape index (κ3) is 1.31. The van der Waals surface area contributed by atoms with Crippen molar-refractivity contribution in [1.29, 1.82) is 0 Å². The number of rotatable bonds is 1. The molecule has 0 aliphatic rings. The van der Waals surface area contributed by atoms with E-state index in [1.807, 2.05) is 25.3 Å². The molecule has 0 bridgehead atoms. The van der Waals surface area contributed by atoms with E-state index in [0.29, 0.717) is 0 Å². The normalized spacial score (nSPS) is 11.0. The fraction of sp³-hybridized carbons (Fsp3) is 0.300. The van der Waals surface area contributed by atoms with Gasteiger partial charge in [-0.1, -0.05) is 18.5 Å². The molecule has 0 fully saturated rings. The van der Waals surface area contributed by atoms with Gasteiger partial charge < -0.3 is 4.40 Å². The van der Waals surface area contributed by atoms with E-state index in [1.54, 1.807) is 0 Å². The van der Waals surface area contributed by atoms with Gasteiger partial charge in [0.05, 0.1) is 5.69 Å². The molecule has 68 valence electrons. The second-order valence-electron chi connectivity index (χ2n) is 3.07. The van der Waals surface area contributed by atoms with E-state index < -0.39 is 0 Å². The Hall–Kier alpha value is -1.02. The quantitative estimate of drug-likeness (QED) is 0.683. The van der Waals surface area contributed by atoms with Crippen molar-refractivity contribution < 1.29 is 0 Å². The minimum absolute atomic E-state index is 0.736. The summed E-state index contributed by atoms with van der Waals surface area (Å²) in [6, 6.07) is 3.77. The first kappa shape index (κ1) is 8.57. The molecule has 3 heteroatoms. The van der Waals surface area contributed by atoms with Crippen molar-refractivity contribution in [3.63, 3.8) is 0 Å². The average molecular weight is 195 g/mol. The molecule has 0 saturated heterocycles. The van der Waals surface area contributed by atoms with Gasteiger partial charge in [-0.25, -0.2) is 4.98 Å². The van der Waals surface area contributed by atoms with Crippen LogP contribution >= 0.6 is 11.6 Å². The maximum absolute atomic E-state index is 5.87. The Morgan fingerprint density at radius 1 is 1.54 bits per heavy atom. The molecule has 2 heterocycles. The van der Waals surface area contributed by atoms with E-state index in [1.165, 1.54) is 5.69 Å². The fourth-order valence-electron chi connectivity index (χ4n) is 1.61. The lowest BCUT2D eigenvalue weighted by atomic mass is 10.3. The summed E-state index contributed by atoms with van der Waals surface area (Å²) in [5.74, 6) is 0. The van der Waals surface area contributed by atoms with Crippen LogP contribution in [0.25, 0.3) is 5.65 Å². The van der Waals surface area contributed by atoms with Crippen LogP contribution in [-0.4, -0.2) is 9.38 Å². The molecule has 2 nitrogen and oxygen atoms in total. The number of hydrogen-bond donors (Lipinski definition) is 0. The van der Waals surface area contributed by atoms with Gasteiger partial charge in [0.2, 0.25) is 0 Å². The zero-order valence-corrected chi connectivity index (χ0v) is 8.47. The number of aromatic nitrogens is 2. The molecule has 0 spiro atoms. The number of pyridine rings is 1. The van der Waals surface area contributed by atoms with Crippen LogP contribution in [0.2, 0.25) is 5.02 Å². The topological polar surface area (TPSA) is 17.3 Å². The summed E-state index contributed by atoms with van der Waals surface area (Å²) in [5.41, 5.74) is 3.28. The van der Waals surface area contributed by atoms with Crippen molar-refractivity contribution in [2.45, 2.75) is 20.3 Å². The average Bonchev–Trinajstić information content (AvgIpc) is 2.39. The van der Waals surface area contributed by atoms with Gasteiger partial charge in [-0.3, -0.25) is 0 Å². The first-order valence-electron chi connectivity index (χ1n) is 4.35. The summed E-state index contributed by atoms with van der Waals surface area (Å²) in [6.07, 6.45) is 2.96. The molecule has 2 aromatic rings. The molecule has 2 rings (SSSR count). The van der Waals surface area contributed by atoms with Crippen LogP contribution in [-0.2, 0) is 6.42 Å². The summed E-state index contributed by atoms with van der Waals surface area (Å²) in [7, 11) is 0. The van der Waals surface area contributed by atoms with Gasteiger partial charge >= 0.3 is 0 Å². The minimum Gasteiger partial charge on any atom is -0.304 e.